The van der Waals surface area contributed by atoms with E-state index in [2.05, 4.69) is 6.58 Å². The zero-order chi connectivity index (χ0) is 21.4. The lowest BCUT2D eigenvalue weighted by Crippen LogP contribution is -2.44. The van der Waals surface area contributed by atoms with Crippen molar-refractivity contribution < 1.29 is 14.6 Å². The van der Waals surface area contributed by atoms with Gasteiger partial charge in [-0.1, -0.05) is 31.7 Å². The number of fused-ring (bicyclic) bond motifs is 5. The van der Waals surface area contributed by atoms with Crippen LogP contribution in [0.15, 0.2) is 47.5 Å². The van der Waals surface area contributed by atoms with Crippen LogP contribution in [0.4, 0.5) is 0 Å². The molecule has 2 aliphatic heterocycles. The molecule has 154 valence electrons. The number of ether oxygens (including phenoxy) is 1. The topological polar surface area (TPSA) is 84.6 Å². The molecule has 3 aromatic rings. The number of aromatic nitrogens is 2. The summed E-state index contributed by atoms with van der Waals surface area (Å²) in [6, 6.07) is 9.63. The van der Waals surface area contributed by atoms with Gasteiger partial charge in [0.2, 0.25) is 8.32 Å². The Morgan fingerprint density at radius 2 is 2.03 bits per heavy atom. The highest BCUT2D eigenvalue weighted by Crippen LogP contribution is 2.41. The average molecular weight is 421 g/mol. The van der Waals surface area contributed by atoms with Gasteiger partial charge in [-0.3, -0.25) is 4.79 Å². The molecule has 1 atom stereocenters. The number of nitrogens with zero attached hydrogens (tertiary/aromatic N) is 2. The first-order valence-electron chi connectivity index (χ1n) is 10.1. The maximum atomic E-state index is 13.4. The predicted octanol–water partition coefficient (Wildman–Crippen LogP) is 2.47. The minimum Gasteiger partial charge on any atom is -0.490 e. The van der Waals surface area contributed by atoms with Crippen molar-refractivity contribution in [3.05, 3.63) is 69.7 Å². The van der Waals surface area contributed by atoms with Gasteiger partial charge in [0, 0.05) is 16.5 Å². The van der Waals surface area contributed by atoms with Crippen molar-refractivity contribution in [3.63, 3.8) is 0 Å². The Balaban J connectivity index is 1.87. The van der Waals surface area contributed by atoms with Crippen LogP contribution in [0.5, 0.6) is 0 Å². The van der Waals surface area contributed by atoms with E-state index in [1.165, 1.54) is 0 Å². The Labute approximate surface area is 175 Å². The third kappa shape index (κ3) is 2.43. The number of aliphatic hydroxyl groups is 1. The number of benzene rings is 1. The van der Waals surface area contributed by atoms with Crippen molar-refractivity contribution in [1.82, 2.24) is 9.55 Å². The highest BCUT2D eigenvalue weighted by molar-refractivity contribution is 6.85. The van der Waals surface area contributed by atoms with Gasteiger partial charge < -0.3 is 19.2 Å². The lowest BCUT2D eigenvalue weighted by molar-refractivity contribution is -0.0172. The van der Waals surface area contributed by atoms with Crippen molar-refractivity contribution in [3.8, 4) is 11.4 Å². The Morgan fingerprint density at radius 3 is 2.73 bits per heavy atom. The zero-order valence-corrected chi connectivity index (χ0v) is 18.3. The predicted molar refractivity (Wildman–Crippen MR) is 118 cm³/mol. The summed E-state index contributed by atoms with van der Waals surface area (Å²) in [6.07, 6.45) is 0.349. The van der Waals surface area contributed by atoms with Crippen LogP contribution in [-0.4, -0.2) is 27.8 Å². The number of rotatable bonds is 2. The van der Waals surface area contributed by atoms with Crippen molar-refractivity contribution in [2.75, 3.05) is 0 Å². The fourth-order valence-electron chi connectivity index (χ4n) is 4.84. The van der Waals surface area contributed by atoms with Gasteiger partial charge in [0.25, 0.3) is 5.56 Å². The number of hydrogen-bond donors (Lipinski definition) is 2. The van der Waals surface area contributed by atoms with Crippen LogP contribution in [-0.2, 0) is 23.5 Å². The molecule has 5 rings (SSSR count). The van der Waals surface area contributed by atoms with Gasteiger partial charge in [0.1, 0.15) is 18.0 Å². The second-order valence-corrected chi connectivity index (χ2v) is 12.2. The highest BCUT2D eigenvalue weighted by atomic mass is 28.4. The van der Waals surface area contributed by atoms with Crippen molar-refractivity contribution >= 4 is 24.4 Å². The molecular weight excluding hydrogens is 396 g/mol. The molecule has 0 bridgehead atoms. The number of pyridine rings is 2. The molecule has 0 saturated heterocycles. The molecule has 0 unspecified atom stereocenters. The standard InChI is InChI=1S/C23H24N2O4Si/c1-5-23(27)13(2)29-12-16-17(23)10-19-20-15(11-25(19)22(16)26)21(30(3,4)28)14-8-6-7-9-18(14)24-20/h6-10,27-28H,2,5,11-12H2,1,3-4H3/t23-/m1/s1. The van der Waals surface area contributed by atoms with Crippen molar-refractivity contribution in [2.45, 2.75) is 45.2 Å². The summed E-state index contributed by atoms with van der Waals surface area (Å²) in [5.74, 6) is 0.260. The third-order valence-corrected chi connectivity index (χ3v) is 8.17. The fraction of sp³-hybridized carbons (Fsp3) is 0.304. The molecule has 0 spiro atoms. The average Bonchev–Trinajstić information content (AvgIpc) is 3.06. The molecule has 4 heterocycles. The fourth-order valence-corrected chi connectivity index (χ4v) is 6.65. The van der Waals surface area contributed by atoms with E-state index in [9.17, 15) is 14.7 Å². The lowest BCUT2D eigenvalue weighted by Gasteiger charge is -2.35. The minimum absolute atomic E-state index is 0.0917. The zero-order valence-electron chi connectivity index (χ0n) is 17.3. The molecule has 6 nitrogen and oxygen atoms in total. The van der Waals surface area contributed by atoms with Crippen LogP contribution in [0.25, 0.3) is 22.3 Å². The SMILES string of the molecule is C=C1OCc2c(cc3n(c2=O)Cc2c-3nc3ccccc3c2[Si](C)(C)O)[C@@]1(O)CC. The summed E-state index contributed by atoms with van der Waals surface area (Å²) in [5, 5.41) is 13.1. The van der Waals surface area contributed by atoms with E-state index in [0.29, 0.717) is 35.5 Å². The summed E-state index contributed by atoms with van der Waals surface area (Å²) in [6.45, 7) is 9.93. The smallest absolute Gasteiger partial charge is 0.258 e. The van der Waals surface area contributed by atoms with E-state index < -0.39 is 13.9 Å². The van der Waals surface area contributed by atoms with E-state index in [-0.39, 0.29) is 17.9 Å². The van der Waals surface area contributed by atoms with Gasteiger partial charge in [0.15, 0.2) is 0 Å². The van der Waals surface area contributed by atoms with Crippen LogP contribution in [0.3, 0.4) is 0 Å². The first-order chi connectivity index (χ1) is 14.2. The van der Waals surface area contributed by atoms with Gasteiger partial charge >= 0.3 is 0 Å². The second kappa shape index (κ2) is 6.13. The van der Waals surface area contributed by atoms with Crippen molar-refractivity contribution in [2.24, 2.45) is 0 Å². The molecule has 2 aliphatic rings. The molecule has 0 fully saturated rings. The summed E-state index contributed by atoms with van der Waals surface area (Å²) in [4.78, 5) is 29.4. The highest BCUT2D eigenvalue weighted by Gasteiger charge is 2.42. The van der Waals surface area contributed by atoms with Gasteiger partial charge in [-0.15, -0.1) is 0 Å². The van der Waals surface area contributed by atoms with Crippen LogP contribution < -0.4 is 10.7 Å². The largest absolute Gasteiger partial charge is 0.490 e. The summed E-state index contributed by atoms with van der Waals surface area (Å²) < 4.78 is 7.25. The van der Waals surface area contributed by atoms with E-state index in [1.54, 1.807) is 4.57 Å². The van der Waals surface area contributed by atoms with Crippen LogP contribution in [0, 0.1) is 0 Å². The summed E-state index contributed by atoms with van der Waals surface area (Å²) >= 11 is 0. The van der Waals surface area contributed by atoms with E-state index in [1.807, 2.05) is 50.3 Å². The monoisotopic (exact) mass is 420 g/mol. The van der Waals surface area contributed by atoms with Gasteiger partial charge in [0.05, 0.1) is 29.0 Å². The van der Waals surface area contributed by atoms with Gasteiger partial charge in [-0.25, -0.2) is 4.98 Å². The van der Waals surface area contributed by atoms with Crippen LogP contribution in [0.1, 0.15) is 30.0 Å². The maximum Gasteiger partial charge on any atom is 0.258 e. The second-order valence-electron chi connectivity index (χ2n) is 8.63. The first-order valence-corrected chi connectivity index (χ1v) is 13.1. The number of hydrogen-bond acceptors (Lipinski definition) is 5. The molecule has 30 heavy (non-hydrogen) atoms. The molecule has 0 amide bonds. The Hall–Kier alpha value is -2.74. The Morgan fingerprint density at radius 1 is 1.30 bits per heavy atom. The molecule has 7 heteroatoms. The summed E-state index contributed by atoms with van der Waals surface area (Å²) in [5.41, 5.74) is 2.46. The summed E-state index contributed by atoms with van der Waals surface area (Å²) in [7, 11) is -2.73. The molecule has 2 aromatic heterocycles. The van der Waals surface area contributed by atoms with E-state index in [0.717, 1.165) is 21.7 Å². The first kappa shape index (κ1) is 19.2. The lowest BCUT2D eigenvalue weighted by atomic mass is 9.84. The number of para-hydroxylation sites is 1. The molecule has 2 N–H and O–H groups in total. The Bertz CT molecular complexity index is 1310. The molecule has 1 aromatic carbocycles. The van der Waals surface area contributed by atoms with Crippen LogP contribution >= 0.6 is 0 Å². The molecular formula is C23H24N2O4Si. The molecule has 0 radical (unpaired) electrons. The van der Waals surface area contributed by atoms with E-state index in [4.69, 9.17) is 9.72 Å². The quantitative estimate of drug-likeness (QED) is 0.487. The van der Waals surface area contributed by atoms with Crippen LogP contribution in [0.2, 0.25) is 13.1 Å². The molecule has 0 saturated carbocycles. The van der Waals surface area contributed by atoms with E-state index >= 15 is 0 Å². The maximum absolute atomic E-state index is 13.4. The van der Waals surface area contributed by atoms with Crippen molar-refractivity contribution in [1.29, 1.82) is 0 Å². The molecule has 0 aliphatic carbocycles. The third-order valence-electron chi connectivity index (χ3n) is 6.37. The minimum atomic E-state index is -2.73. The Kier molecular flexibility index (Phi) is 3.93. The van der Waals surface area contributed by atoms with Gasteiger partial charge in [-0.05, 0) is 36.8 Å². The van der Waals surface area contributed by atoms with Gasteiger partial charge in [-0.2, -0.15) is 0 Å². The normalized spacial score (nSPS) is 20.0.